The van der Waals surface area contributed by atoms with Crippen LogP contribution < -0.4 is 5.73 Å². The van der Waals surface area contributed by atoms with Crippen LogP contribution in [0.4, 0.5) is 4.79 Å². The van der Waals surface area contributed by atoms with Crippen molar-refractivity contribution in [3.8, 4) is 0 Å². The average molecular weight is 545 g/mol. The topological polar surface area (TPSA) is 142 Å². The van der Waals surface area contributed by atoms with Gasteiger partial charge < -0.3 is 20.0 Å². The molecule has 3 aliphatic heterocycles. The number of carbonyl (C=O) groups is 4. The fraction of sp³-hybridized carbons (Fsp3) is 0.621. The lowest BCUT2D eigenvalue weighted by atomic mass is 9.77. The highest BCUT2D eigenvalue weighted by Crippen LogP contribution is 2.44. The number of allylic oxidation sites excluding steroid dienone is 2. The molecule has 3 heterocycles. The summed E-state index contributed by atoms with van der Waals surface area (Å²) in [6.45, 7) is 9.09. The lowest BCUT2D eigenvalue weighted by molar-refractivity contribution is -0.834. The molecule has 0 bridgehead atoms. The van der Waals surface area contributed by atoms with E-state index in [4.69, 9.17) is 15.2 Å². The smallest absolute Gasteiger partial charge is 0.449 e. The highest BCUT2D eigenvalue weighted by atomic mass is 16.6. The summed E-state index contributed by atoms with van der Waals surface area (Å²) in [6.07, 6.45) is 9.80. The van der Waals surface area contributed by atoms with Gasteiger partial charge in [-0.15, -0.1) is 4.99 Å². The molecule has 0 radical (unpaired) electrons. The van der Waals surface area contributed by atoms with Crippen LogP contribution in [0.3, 0.4) is 0 Å². The molecule has 5 atom stereocenters. The maximum atomic E-state index is 12.7. The number of aliphatic imine (C=N–C) groups is 1. The number of carbonyl (C=O) groups excluding carboxylic acids is 5. The van der Waals surface area contributed by atoms with Crippen molar-refractivity contribution < 1.29 is 37.9 Å². The van der Waals surface area contributed by atoms with Gasteiger partial charge in [0.05, 0.1) is 13.2 Å². The Kier molecular flexibility index (Phi) is 11.7. The quantitative estimate of drug-likeness (QED) is 0.239. The molecule has 4 aliphatic rings. The Morgan fingerprint density at radius 3 is 2.28 bits per heavy atom. The molecule has 39 heavy (non-hydrogen) atoms. The van der Waals surface area contributed by atoms with E-state index in [1.54, 1.807) is 26.2 Å². The number of amidine groups is 1. The van der Waals surface area contributed by atoms with Crippen molar-refractivity contribution in [3.05, 3.63) is 30.0 Å². The van der Waals surface area contributed by atoms with Crippen LogP contribution in [0.5, 0.6) is 0 Å². The monoisotopic (exact) mass is 544 g/mol. The Balaban J connectivity index is 0.000000412. The standard InChI is InChI=1S/C20H23N3O5.C5H10O.C4H8O/c1-23(8-7-16(21)22-20(23)26)19-18-14(15(27-19)10-12-3-2-4-12)9-13(11-24)5-6-17(25)28-18;1-4(2)5(3)6;1-4(2)3-5/h5-8,12,14-15,18-19H,2-4,9-10H2,1H3,(H-,21,22,26);4H,1-3H3;3-4H,1-2H3/p+1/b6-5-;;. The van der Waals surface area contributed by atoms with E-state index in [0.717, 1.165) is 25.5 Å². The maximum Gasteiger partial charge on any atom is 0.451 e. The van der Waals surface area contributed by atoms with Crippen molar-refractivity contribution in [2.75, 3.05) is 7.05 Å². The molecule has 10 heteroatoms. The van der Waals surface area contributed by atoms with Gasteiger partial charge in [-0.2, -0.15) is 4.48 Å². The van der Waals surface area contributed by atoms with Gasteiger partial charge in [-0.05, 0) is 31.8 Å². The van der Waals surface area contributed by atoms with Crippen LogP contribution >= 0.6 is 0 Å². The maximum absolute atomic E-state index is 12.7. The summed E-state index contributed by atoms with van der Waals surface area (Å²) >= 11 is 0. The van der Waals surface area contributed by atoms with E-state index in [2.05, 4.69) is 4.99 Å². The van der Waals surface area contributed by atoms with Crippen LogP contribution in [-0.4, -0.2) is 65.8 Å². The molecule has 2 N–H and O–H groups in total. The van der Waals surface area contributed by atoms with Crippen molar-refractivity contribution in [2.45, 2.75) is 85.2 Å². The van der Waals surface area contributed by atoms with Crippen LogP contribution in [0.25, 0.3) is 0 Å². The van der Waals surface area contributed by atoms with Crippen molar-refractivity contribution in [1.29, 1.82) is 0 Å². The second-order valence-electron chi connectivity index (χ2n) is 11.3. The number of Topliss-reactive ketones (excluding diaryl/α,β-unsaturated/α-hetero) is 1. The number of esters is 1. The summed E-state index contributed by atoms with van der Waals surface area (Å²) in [7, 11) is 1.67. The predicted molar refractivity (Wildman–Crippen MR) is 146 cm³/mol. The Morgan fingerprint density at radius 1 is 1.21 bits per heavy atom. The molecule has 0 aromatic rings. The first-order chi connectivity index (χ1) is 18.3. The number of nitrogens with two attached hydrogens (primary N) is 1. The van der Waals surface area contributed by atoms with Gasteiger partial charge in [0.1, 0.15) is 30.0 Å². The predicted octanol–water partition coefficient (Wildman–Crippen LogP) is 3.67. The van der Waals surface area contributed by atoms with Gasteiger partial charge >= 0.3 is 12.0 Å². The number of hydrogen-bond donors (Lipinski definition) is 1. The first kappa shape index (κ1) is 32.0. The van der Waals surface area contributed by atoms with E-state index >= 15 is 0 Å². The van der Waals surface area contributed by atoms with E-state index in [9.17, 15) is 24.0 Å². The number of ketones is 1. The number of likely N-dealkylation sites (N-methyl/N-ethyl adjacent to an activating group) is 1. The average Bonchev–Trinajstić information content (AvgIpc) is 3.17. The molecule has 214 valence electrons. The summed E-state index contributed by atoms with van der Waals surface area (Å²) < 4.78 is 11.8. The zero-order valence-electron chi connectivity index (χ0n) is 23.8. The highest BCUT2D eigenvalue weighted by molar-refractivity contribution is 5.99. The second-order valence-corrected chi connectivity index (χ2v) is 11.3. The molecule has 0 aromatic carbocycles. The van der Waals surface area contributed by atoms with Crippen LogP contribution in [0, 0.1) is 23.7 Å². The number of aldehydes is 1. The van der Waals surface area contributed by atoms with Crippen LogP contribution in [0.1, 0.15) is 66.7 Å². The molecule has 0 aromatic heterocycles. The fourth-order valence-electron chi connectivity index (χ4n) is 4.38. The van der Waals surface area contributed by atoms with E-state index < -0.39 is 24.3 Å². The van der Waals surface area contributed by atoms with Gasteiger partial charge in [-0.1, -0.05) is 47.0 Å². The molecule has 5 unspecified atom stereocenters. The number of ether oxygens (including phenoxy) is 2. The van der Waals surface area contributed by atoms with Gasteiger partial charge in [0.25, 0.3) is 0 Å². The Morgan fingerprint density at radius 2 is 1.82 bits per heavy atom. The van der Waals surface area contributed by atoms with Crippen molar-refractivity contribution in [1.82, 2.24) is 0 Å². The van der Waals surface area contributed by atoms with Gasteiger partial charge in [0.2, 0.25) is 6.23 Å². The SMILES string of the molecule is CC(=O)C(C)C.CC(C)C=O.C[N+]1(C2OC(CC3CCC3)C3CC(=C=O)/C=C\C(=O)OC32)C=CC(N)=NC1=O. The zero-order valence-corrected chi connectivity index (χ0v) is 23.8. The number of hydrogen-bond acceptors (Lipinski definition) is 8. The minimum absolute atomic E-state index is 0.130. The summed E-state index contributed by atoms with van der Waals surface area (Å²) in [6, 6.07) is -0.479. The fourth-order valence-corrected chi connectivity index (χ4v) is 4.38. The summed E-state index contributed by atoms with van der Waals surface area (Å²) in [4.78, 5) is 59.8. The molecular formula is C29H42N3O7+. The number of quaternary nitrogens is 1. The minimum atomic E-state index is -0.751. The summed E-state index contributed by atoms with van der Waals surface area (Å²) in [5.74, 6) is 2.48. The molecule has 2 amide bonds. The van der Waals surface area contributed by atoms with E-state index in [-0.39, 0.29) is 40.0 Å². The van der Waals surface area contributed by atoms with Crippen molar-refractivity contribution in [3.63, 3.8) is 0 Å². The number of nitrogens with zero attached hydrogens (tertiary/aromatic N) is 2. The van der Waals surface area contributed by atoms with E-state index in [0.29, 0.717) is 17.9 Å². The van der Waals surface area contributed by atoms with Gasteiger partial charge in [-0.25, -0.2) is 14.4 Å². The molecule has 1 aliphatic carbocycles. The van der Waals surface area contributed by atoms with E-state index in [1.807, 2.05) is 33.6 Å². The lowest BCUT2D eigenvalue weighted by Gasteiger charge is -2.35. The number of rotatable bonds is 5. The first-order valence-electron chi connectivity index (χ1n) is 13.5. The van der Waals surface area contributed by atoms with Crippen LogP contribution in [-0.2, 0) is 28.7 Å². The zero-order chi connectivity index (χ0) is 29.3. The Labute approximate surface area is 230 Å². The molecule has 10 nitrogen and oxygen atoms in total. The lowest BCUT2D eigenvalue weighted by Crippen LogP contribution is -2.58. The number of urea groups is 1. The molecule has 0 spiro atoms. The van der Waals surface area contributed by atoms with Crippen molar-refractivity contribution in [2.24, 2.45) is 34.4 Å². The first-order valence-corrected chi connectivity index (χ1v) is 13.5. The molecule has 1 saturated carbocycles. The number of fused-ring (bicyclic) bond motifs is 1. The highest BCUT2D eigenvalue weighted by Gasteiger charge is 2.58. The van der Waals surface area contributed by atoms with Crippen molar-refractivity contribution >= 4 is 35.8 Å². The van der Waals surface area contributed by atoms with Gasteiger partial charge in [0.15, 0.2) is 6.10 Å². The molecule has 4 rings (SSSR count). The normalized spacial score (nSPS) is 30.7. The Bertz CT molecular complexity index is 1070. The summed E-state index contributed by atoms with van der Waals surface area (Å²) in [5.41, 5.74) is 6.05. The molecular weight excluding hydrogens is 502 g/mol. The third kappa shape index (κ3) is 8.65. The number of amides is 2. The molecule has 1 saturated heterocycles. The van der Waals surface area contributed by atoms with Gasteiger partial charge in [0, 0.05) is 35.5 Å². The largest absolute Gasteiger partial charge is 0.451 e. The van der Waals surface area contributed by atoms with Gasteiger partial charge in [-0.3, -0.25) is 4.79 Å². The Hall–Kier alpha value is -3.20. The summed E-state index contributed by atoms with van der Waals surface area (Å²) in [5, 5.41) is 0. The third-order valence-corrected chi connectivity index (χ3v) is 7.35. The van der Waals surface area contributed by atoms with E-state index in [1.165, 1.54) is 18.6 Å². The minimum Gasteiger partial charge on any atom is -0.449 e. The third-order valence-electron chi connectivity index (χ3n) is 7.35. The van der Waals surface area contributed by atoms with Crippen LogP contribution in [0.2, 0.25) is 0 Å². The van der Waals surface area contributed by atoms with Crippen LogP contribution in [0.15, 0.2) is 35.0 Å². The molecule has 2 fully saturated rings. The second kappa shape index (κ2) is 14.3.